The van der Waals surface area contributed by atoms with Crippen molar-refractivity contribution in [1.82, 2.24) is 4.98 Å². The highest BCUT2D eigenvalue weighted by Crippen LogP contribution is 2.29. The molecule has 3 rings (SSSR count). The predicted molar refractivity (Wildman–Crippen MR) is 98.9 cm³/mol. The number of thiazole rings is 1. The highest BCUT2D eigenvalue weighted by molar-refractivity contribution is 9.10. The van der Waals surface area contributed by atoms with E-state index in [1.165, 1.54) is 30.4 Å². The molecule has 0 spiro atoms. The van der Waals surface area contributed by atoms with Gasteiger partial charge in [-0.3, -0.25) is 9.52 Å². The number of fused-ring (bicyclic) bond motifs is 1. The third-order valence-corrected chi connectivity index (χ3v) is 5.92. The molecular weight excluding hydrogens is 414 g/mol. The van der Waals surface area contributed by atoms with Crippen molar-refractivity contribution in [3.63, 3.8) is 0 Å². The van der Waals surface area contributed by atoms with Crippen LogP contribution in [0.5, 0.6) is 0 Å². The van der Waals surface area contributed by atoms with Crippen LogP contribution in [0.3, 0.4) is 0 Å². The van der Waals surface area contributed by atoms with E-state index in [4.69, 9.17) is 0 Å². The summed E-state index contributed by atoms with van der Waals surface area (Å²) in [4.78, 5) is 15.5. The topological polar surface area (TPSA) is 88.2 Å². The van der Waals surface area contributed by atoms with E-state index in [9.17, 15) is 13.2 Å². The lowest BCUT2D eigenvalue weighted by atomic mass is 10.3. The summed E-state index contributed by atoms with van der Waals surface area (Å²) in [5.74, 6) is -0.203. The van der Waals surface area contributed by atoms with Crippen LogP contribution in [0.15, 0.2) is 51.8 Å². The van der Waals surface area contributed by atoms with Crippen LogP contribution in [0.25, 0.3) is 10.2 Å². The summed E-state index contributed by atoms with van der Waals surface area (Å²) in [6.07, 6.45) is 0. The van der Waals surface area contributed by atoms with Crippen molar-refractivity contribution in [3.8, 4) is 0 Å². The van der Waals surface area contributed by atoms with Gasteiger partial charge in [-0.05, 0) is 42.5 Å². The SMILES string of the molecule is CC(=O)Nc1nc2cc(NS(=O)(=O)c3ccc(Br)cc3)ccc2s1. The fourth-order valence-corrected chi connectivity index (χ4v) is 4.23. The first-order chi connectivity index (χ1) is 11.3. The molecule has 1 amide bonds. The largest absolute Gasteiger partial charge is 0.302 e. The standard InChI is InChI=1S/C15H12BrN3O3S2/c1-9(20)17-15-18-13-8-11(4-7-14(13)23-15)19-24(21,22)12-5-2-10(16)3-6-12/h2-8,19H,1H3,(H,17,18,20). The van der Waals surface area contributed by atoms with E-state index in [1.54, 1.807) is 30.3 Å². The van der Waals surface area contributed by atoms with Crippen LogP contribution in [0.2, 0.25) is 0 Å². The van der Waals surface area contributed by atoms with Crippen LogP contribution in [0, 0.1) is 0 Å². The molecule has 0 fully saturated rings. The van der Waals surface area contributed by atoms with Crippen LogP contribution >= 0.6 is 27.3 Å². The van der Waals surface area contributed by atoms with Gasteiger partial charge in [0.25, 0.3) is 10.0 Å². The number of carbonyl (C=O) groups is 1. The van der Waals surface area contributed by atoms with Gasteiger partial charge >= 0.3 is 0 Å². The fourth-order valence-electron chi connectivity index (χ4n) is 2.02. The molecule has 2 N–H and O–H groups in total. The van der Waals surface area contributed by atoms with Gasteiger partial charge in [0.2, 0.25) is 5.91 Å². The lowest BCUT2D eigenvalue weighted by Gasteiger charge is -2.08. The summed E-state index contributed by atoms with van der Waals surface area (Å²) >= 11 is 4.60. The minimum Gasteiger partial charge on any atom is -0.302 e. The summed E-state index contributed by atoms with van der Waals surface area (Å²) in [6, 6.07) is 11.4. The number of amides is 1. The molecule has 0 unspecified atom stereocenters. The van der Waals surface area contributed by atoms with Crippen LogP contribution in [0.4, 0.5) is 10.8 Å². The molecule has 3 aromatic rings. The van der Waals surface area contributed by atoms with E-state index in [2.05, 4.69) is 31.0 Å². The van der Waals surface area contributed by atoms with E-state index >= 15 is 0 Å². The van der Waals surface area contributed by atoms with Gasteiger partial charge in [0.05, 0.1) is 20.8 Å². The summed E-state index contributed by atoms with van der Waals surface area (Å²) in [5.41, 5.74) is 1.02. The number of halogens is 1. The lowest BCUT2D eigenvalue weighted by molar-refractivity contribution is -0.114. The molecule has 6 nitrogen and oxygen atoms in total. The molecule has 9 heteroatoms. The maximum Gasteiger partial charge on any atom is 0.261 e. The van der Waals surface area contributed by atoms with Gasteiger partial charge in [0, 0.05) is 11.4 Å². The Morgan fingerprint density at radius 3 is 2.54 bits per heavy atom. The van der Waals surface area contributed by atoms with Gasteiger partial charge < -0.3 is 5.32 Å². The zero-order valence-electron chi connectivity index (χ0n) is 12.4. The van der Waals surface area contributed by atoms with Crippen molar-refractivity contribution in [3.05, 3.63) is 46.9 Å². The van der Waals surface area contributed by atoms with Crippen molar-refractivity contribution < 1.29 is 13.2 Å². The van der Waals surface area contributed by atoms with Crippen LogP contribution in [-0.2, 0) is 14.8 Å². The number of benzene rings is 2. The molecule has 0 bridgehead atoms. The molecule has 24 heavy (non-hydrogen) atoms. The molecular formula is C15H12BrN3O3S2. The maximum atomic E-state index is 12.4. The molecule has 1 heterocycles. The smallest absolute Gasteiger partial charge is 0.261 e. The third-order valence-electron chi connectivity index (χ3n) is 3.05. The molecule has 0 aliphatic heterocycles. The normalized spacial score (nSPS) is 11.4. The molecule has 0 aliphatic carbocycles. The first kappa shape index (κ1) is 16.9. The number of hydrogen-bond donors (Lipinski definition) is 2. The molecule has 1 aromatic heterocycles. The Balaban J connectivity index is 1.89. The van der Waals surface area contributed by atoms with E-state index in [0.29, 0.717) is 16.3 Å². The van der Waals surface area contributed by atoms with E-state index < -0.39 is 10.0 Å². The van der Waals surface area contributed by atoms with Gasteiger partial charge in [-0.1, -0.05) is 27.3 Å². The zero-order chi connectivity index (χ0) is 17.3. The van der Waals surface area contributed by atoms with Crippen molar-refractivity contribution >= 4 is 64.2 Å². The van der Waals surface area contributed by atoms with Gasteiger partial charge in [0.15, 0.2) is 5.13 Å². The van der Waals surface area contributed by atoms with E-state index in [-0.39, 0.29) is 10.8 Å². The first-order valence-corrected chi connectivity index (χ1v) is 9.89. The number of hydrogen-bond acceptors (Lipinski definition) is 5. The predicted octanol–water partition coefficient (Wildman–Crippen LogP) is 3.82. The Morgan fingerprint density at radius 1 is 1.17 bits per heavy atom. The Labute approximate surface area is 151 Å². The van der Waals surface area contributed by atoms with Gasteiger partial charge in [-0.2, -0.15) is 0 Å². The van der Waals surface area contributed by atoms with Gasteiger partial charge in [0.1, 0.15) is 0 Å². The Bertz CT molecular complexity index is 1010. The number of nitrogens with zero attached hydrogens (tertiary/aromatic N) is 1. The van der Waals surface area contributed by atoms with Crippen molar-refractivity contribution in [2.75, 3.05) is 10.0 Å². The molecule has 124 valence electrons. The number of carbonyl (C=O) groups excluding carboxylic acids is 1. The average Bonchev–Trinajstić information content (AvgIpc) is 2.87. The number of nitrogens with one attached hydrogen (secondary N) is 2. The minimum absolute atomic E-state index is 0.169. The highest BCUT2D eigenvalue weighted by atomic mass is 79.9. The Kier molecular flexibility index (Phi) is 4.57. The van der Waals surface area contributed by atoms with Crippen molar-refractivity contribution in [2.45, 2.75) is 11.8 Å². The second kappa shape index (κ2) is 6.50. The number of sulfonamides is 1. The molecule has 0 atom stereocenters. The highest BCUT2D eigenvalue weighted by Gasteiger charge is 2.15. The number of anilines is 2. The lowest BCUT2D eigenvalue weighted by Crippen LogP contribution is -2.12. The average molecular weight is 426 g/mol. The molecule has 2 aromatic carbocycles. The summed E-state index contributed by atoms with van der Waals surface area (Å²) in [7, 11) is -3.68. The second-order valence-corrected chi connectivity index (χ2v) is 8.57. The summed E-state index contributed by atoms with van der Waals surface area (Å²) in [5, 5.41) is 3.10. The molecule has 0 saturated carbocycles. The minimum atomic E-state index is -3.68. The molecule has 0 radical (unpaired) electrons. The van der Waals surface area contributed by atoms with Gasteiger partial charge in [-0.25, -0.2) is 13.4 Å². The van der Waals surface area contributed by atoms with Crippen LogP contribution < -0.4 is 10.0 Å². The quantitative estimate of drug-likeness (QED) is 0.664. The molecule has 0 aliphatic rings. The summed E-state index contributed by atoms with van der Waals surface area (Å²) < 4.78 is 29.0. The second-order valence-electron chi connectivity index (χ2n) is 4.94. The monoisotopic (exact) mass is 425 g/mol. The van der Waals surface area contributed by atoms with Crippen molar-refractivity contribution in [1.29, 1.82) is 0 Å². The van der Waals surface area contributed by atoms with Crippen LogP contribution in [-0.4, -0.2) is 19.3 Å². The number of rotatable bonds is 4. The Morgan fingerprint density at radius 2 is 1.88 bits per heavy atom. The van der Waals surface area contributed by atoms with Gasteiger partial charge in [-0.15, -0.1) is 0 Å². The maximum absolute atomic E-state index is 12.4. The summed E-state index contributed by atoms with van der Waals surface area (Å²) in [6.45, 7) is 1.41. The zero-order valence-corrected chi connectivity index (χ0v) is 15.6. The fraction of sp³-hybridized carbons (Fsp3) is 0.0667. The first-order valence-electron chi connectivity index (χ1n) is 6.80. The third kappa shape index (κ3) is 3.74. The Hall–Kier alpha value is -1.97. The number of aromatic nitrogens is 1. The molecule has 0 saturated heterocycles. The van der Waals surface area contributed by atoms with Crippen molar-refractivity contribution in [2.24, 2.45) is 0 Å². The van der Waals surface area contributed by atoms with E-state index in [0.717, 1.165) is 9.17 Å². The van der Waals surface area contributed by atoms with Crippen LogP contribution in [0.1, 0.15) is 6.92 Å². The van der Waals surface area contributed by atoms with E-state index in [1.807, 2.05) is 0 Å².